The van der Waals surface area contributed by atoms with Crippen LogP contribution in [0.3, 0.4) is 0 Å². The van der Waals surface area contributed by atoms with Gasteiger partial charge in [0.1, 0.15) is 4.88 Å². The van der Waals surface area contributed by atoms with Gasteiger partial charge in [0.05, 0.1) is 12.1 Å². The molecule has 1 heterocycles. The average molecular weight is 302 g/mol. The van der Waals surface area contributed by atoms with Crippen molar-refractivity contribution >= 4 is 28.3 Å². The first-order chi connectivity index (χ1) is 10.1. The number of carbonyl (C=O) groups excluding carboxylic acids is 1. The van der Waals surface area contributed by atoms with E-state index in [1.807, 2.05) is 30.3 Å². The number of aromatic nitrogens is 1. The van der Waals surface area contributed by atoms with Gasteiger partial charge in [-0.2, -0.15) is 0 Å². The van der Waals surface area contributed by atoms with Crippen molar-refractivity contribution < 1.29 is 14.7 Å². The van der Waals surface area contributed by atoms with Gasteiger partial charge in [-0.25, -0.2) is 9.78 Å². The zero-order chi connectivity index (χ0) is 14.8. The van der Waals surface area contributed by atoms with E-state index in [4.69, 9.17) is 0 Å². The van der Waals surface area contributed by atoms with Gasteiger partial charge in [-0.1, -0.05) is 41.7 Å². The van der Waals surface area contributed by atoms with Crippen molar-refractivity contribution in [3.05, 3.63) is 46.5 Å². The highest BCUT2D eigenvalue weighted by atomic mass is 32.1. The fraction of sp³-hybridized carbons (Fsp3) is 0.267. The molecule has 1 aliphatic carbocycles. The molecule has 5 nitrogen and oxygen atoms in total. The Labute approximate surface area is 125 Å². The number of rotatable bonds is 5. The van der Waals surface area contributed by atoms with Gasteiger partial charge in [-0.05, 0) is 18.4 Å². The summed E-state index contributed by atoms with van der Waals surface area (Å²) in [6.45, 7) is 0. The predicted molar refractivity (Wildman–Crippen MR) is 79.8 cm³/mol. The minimum absolute atomic E-state index is 0.186. The number of hydrogen-bond donors (Lipinski definition) is 2. The number of thiazole rings is 1. The van der Waals surface area contributed by atoms with E-state index in [-0.39, 0.29) is 23.1 Å². The molecule has 1 saturated carbocycles. The molecular weight excluding hydrogens is 288 g/mol. The van der Waals surface area contributed by atoms with Crippen LogP contribution in [0.2, 0.25) is 0 Å². The molecule has 6 heteroatoms. The zero-order valence-corrected chi connectivity index (χ0v) is 12.0. The number of benzene rings is 1. The summed E-state index contributed by atoms with van der Waals surface area (Å²) >= 11 is 1.03. The summed E-state index contributed by atoms with van der Waals surface area (Å²) in [5.41, 5.74) is 1.52. The van der Waals surface area contributed by atoms with Gasteiger partial charge in [0, 0.05) is 5.92 Å². The first-order valence-corrected chi connectivity index (χ1v) is 7.53. The molecule has 1 fully saturated rings. The van der Waals surface area contributed by atoms with Gasteiger partial charge in [0.25, 0.3) is 0 Å². The van der Waals surface area contributed by atoms with Crippen LogP contribution in [-0.2, 0) is 11.2 Å². The molecule has 0 spiro atoms. The van der Waals surface area contributed by atoms with E-state index in [1.165, 1.54) is 0 Å². The first kappa shape index (κ1) is 13.8. The molecule has 1 amide bonds. The van der Waals surface area contributed by atoms with Crippen LogP contribution in [0.4, 0.5) is 5.13 Å². The lowest BCUT2D eigenvalue weighted by molar-refractivity contribution is -0.115. The third-order valence-electron chi connectivity index (χ3n) is 3.27. The summed E-state index contributed by atoms with van der Waals surface area (Å²) in [5.74, 6) is -0.917. The monoisotopic (exact) mass is 302 g/mol. The summed E-state index contributed by atoms with van der Waals surface area (Å²) in [6, 6.07) is 9.39. The van der Waals surface area contributed by atoms with E-state index in [2.05, 4.69) is 10.3 Å². The molecule has 1 aromatic carbocycles. The minimum Gasteiger partial charge on any atom is -0.477 e. The van der Waals surface area contributed by atoms with Crippen molar-refractivity contribution in [2.75, 3.05) is 5.32 Å². The summed E-state index contributed by atoms with van der Waals surface area (Å²) in [6.07, 6.45) is 2.20. The van der Waals surface area contributed by atoms with Crippen LogP contribution in [-0.4, -0.2) is 22.0 Å². The van der Waals surface area contributed by atoms with Crippen LogP contribution in [0.15, 0.2) is 30.3 Å². The lowest BCUT2D eigenvalue weighted by Gasteiger charge is -2.01. The molecular formula is C15H14N2O3S. The van der Waals surface area contributed by atoms with Crippen LogP contribution >= 0.6 is 11.3 Å². The van der Waals surface area contributed by atoms with Gasteiger partial charge in [0.2, 0.25) is 5.91 Å². The number of carboxylic acid groups (broad SMARTS) is 1. The Bertz CT molecular complexity index is 677. The molecule has 2 aromatic rings. The zero-order valence-electron chi connectivity index (χ0n) is 11.2. The maximum absolute atomic E-state index is 12.0. The Hall–Kier alpha value is -2.21. The van der Waals surface area contributed by atoms with Gasteiger partial charge in [0.15, 0.2) is 5.13 Å². The van der Waals surface area contributed by atoms with Crippen molar-refractivity contribution in [3.63, 3.8) is 0 Å². The molecule has 1 aliphatic rings. The number of anilines is 1. The van der Waals surface area contributed by atoms with Gasteiger partial charge >= 0.3 is 5.97 Å². The van der Waals surface area contributed by atoms with E-state index in [0.717, 1.165) is 29.7 Å². The van der Waals surface area contributed by atoms with Gasteiger partial charge in [-0.3, -0.25) is 4.79 Å². The van der Waals surface area contributed by atoms with E-state index >= 15 is 0 Å². The lowest BCUT2D eigenvalue weighted by Crippen LogP contribution is -2.14. The third kappa shape index (κ3) is 3.28. The van der Waals surface area contributed by atoms with Crippen molar-refractivity contribution in [2.24, 2.45) is 0 Å². The van der Waals surface area contributed by atoms with Crippen LogP contribution in [0, 0.1) is 0 Å². The largest absolute Gasteiger partial charge is 0.477 e. The Balaban J connectivity index is 1.71. The van der Waals surface area contributed by atoms with E-state index < -0.39 is 5.97 Å². The summed E-state index contributed by atoms with van der Waals surface area (Å²) in [7, 11) is 0. The molecule has 0 unspecified atom stereocenters. The molecule has 0 aliphatic heterocycles. The van der Waals surface area contributed by atoms with E-state index in [1.54, 1.807) is 0 Å². The number of carbonyl (C=O) groups is 2. The number of nitrogens with one attached hydrogen (secondary N) is 1. The van der Waals surface area contributed by atoms with Crippen molar-refractivity contribution in [1.82, 2.24) is 4.98 Å². The highest BCUT2D eigenvalue weighted by Gasteiger charge is 2.32. The quantitative estimate of drug-likeness (QED) is 0.890. The molecule has 3 rings (SSSR count). The molecule has 21 heavy (non-hydrogen) atoms. The topological polar surface area (TPSA) is 79.3 Å². The highest BCUT2D eigenvalue weighted by Crippen LogP contribution is 2.43. The summed E-state index contributed by atoms with van der Waals surface area (Å²) in [4.78, 5) is 27.7. The average Bonchev–Trinajstić information content (AvgIpc) is 3.21. The molecule has 108 valence electrons. The SMILES string of the molecule is O=C(Cc1ccccc1)Nc1nc(C2CC2)c(C(=O)O)s1. The van der Waals surface area contributed by atoms with Crippen molar-refractivity contribution in [3.8, 4) is 0 Å². The van der Waals surface area contributed by atoms with Crippen molar-refractivity contribution in [1.29, 1.82) is 0 Å². The van der Waals surface area contributed by atoms with Crippen LogP contribution < -0.4 is 5.32 Å². The van der Waals surface area contributed by atoms with Crippen LogP contribution in [0.1, 0.15) is 39.7 Å². The van der Waals surface area contributed by atoms with Gasteiger partial charge in [-0.15, -0.1) is 0 Å². The Kier molecular flexibility index (Phi) is 3.70. The molecule has 0 saturated heterocycles. The molecule has 0 radical (unpaired) electrons. The lowest BCUT2D eigenvalue weighted by atomic mass is 10.1. The molecule has 2 N–H and O–H groups in total. The summed E-state index contributed by atoms with van der Waals surface area (Å²) < 4.78 is 0. The number of amides is 1. The summed E-state index contributed by atoms with van der Waals surface area (Å²) in [5, 5.41) is 12.2. The maximum Gasteiger partial charge on any atom is 0.347 e. The first-order valence-electron chi connectivity index (χ1n) is 6.71. The Morgan fingerprint density at radius 1 is 1.29 bits per heavy atom. The van der Waals surface area contributed by atoms with Crippen LogP contribution in [0.5, 0.6) is 0 Å². The Morgan fingerprint density at radius 3 is 2.62 bits per heavy atom. The second-order valence-corrected chi connectivity index (χ2v) is 6.02. The fourth-order valence-electron chi connectivity index (χ4n) is 2.12. The number of hydrogen-bond acceptors (Lipinski definition) is 4. The molecule has 1 aromatic heterocycles. The normalized spacial score (nSPS) is 13.9. The van der Waals surface area contributed by atoms with E-state index in [9.17, 15) is 14.7 Å². The van der Waals surface area contributed by atoms with Crippen molar-refractivity contribution in [2.45, 2.75) is 25.2 Å². The Morgan fingerprint density at radius 2 is 2.00 bits per heavy atom. The van der Waals surface area contributed by atoms with E-state index in [0.29, 0.717) is 10.8 Å². The minimum atomic E-state index is -0.974. The number of carboxylic acids is 1. The number of nitrogens with zero attached hydrogens (tertiary/aromatic N) is 1. The second kappa shape index (κ2) is 5.65. The molecule has 0 bridgehead atoms. The highest BCUT2D eigenvalue weighted by molar-refractivity contribution is 7.17. The van der Waals surface area contributed by atoms with Crippen LogP contribution in [0.25, 0.3) is 0 Å². The number of aromatic carboxylic acids is 1. The third-order valence-corrected chi connectivity index (χ3v) is 4.24. The van der Waals surface area contributed by atoms with Gasteiger partial charge < -0.3 is 10.4 Å². The fourth-order valence-corrected chi connectivity index (χ4v) is 3.02. The smallest absolute Gasteiger partial charge is 0.347 e. The molecule has 0 atom stereocenters. The predicted octanol–water partition coefficient (Wildman–Crippen LogP) is 2.90. The standard InChI is InChI=1S/C15H14N2O3S/c18-11(8-9-4-2-1-3-5-9)16-15-17-12(10-6-7-10)13(21-15)14(19)20/h1-5,10H,6-8H2,(H,19,20)(H,16,17,18). The maximum atomic E-state index is 12.0. The second-order valence-electron chi connectivity index (χ2n) is 5.02.